The predicted molar refractivity (Wildman–Crippen MR) is 58.7 cm³/mol. The quantitative estimate of drug-likeness (QED) is 0.802. The summed E-state index contributed by atoms with van der Waals surface area (Å²) in [5.41, 5.74) is 0. The molecule has 0 saturated heterocycles. The van der Waals surface area contributed by atoms with Gasteiger partial charge in [-0.2, -0.15) is 0 Å². The molecule has 0 aromatic heterocycles. The summed E-state index contributed by atoms with van der Waals surface area (Å²) in [5, 5.41) is 0. The van der Waals surface area contributed by atoms with Gasteiger partial charge in [-0.15, -0.1) is 0 Å². The predicted octanol–water partition coefficient (Wildman–Crippen LogP) is 2.72. The van der Waals surface area contributed by atoms with Crippen LogP contribution in [0.15, 0.2) is 27.6 Å². The minimum Gasteiger partial charge on any atom is -0.489 e. The Morgan fingerprint density at radius 1 is 1.47 bits per heavy atom. The third kappa shape index (κ3) is 3.62. The number of halogens is 3. The van der Waals surface area contributed by atoms with Gasteiger partial charge in [0.1, 0.15) is 23.9 Å². The Kier molecular flexibility index (Phi) is 4.36. The third-order valence-electron chi connectivity index (χ3n) is 1.50. The van der Waals surface area contributed by atoms with Crippen LogP contribution in [0.2, 0.25) is 0 Å². The largest absolute Gasteiger partial charge is 0.489 e. The van der Waals surface area contributed by atoms with Crippen LogP contribution in [0.1, 0.15) is 0 Å². The van der Waals surface area contributed by atoms with Gasteiger partial charge >= 0.3 is 0 Å². The van der Waals surface area contributed by atoms with Crippen LogP contribution in [0.5, 0.6) is 5.75 Å². The Balaban J connectivity index is 3.15. The molecule has 15 heavy (non-hydrogen) atoms. The number of ether oxygens (including phenoxy) is 1. The van der Waals surface area contributed by atoms with Crippen molar-refractivity contribution in [3.8, 4) is 5.75 Å². The molecule has 0 spiro atoms. The SMILES string of the molecule is O=S(=O)(Cl)c1cc(Br)ccc1OCCF. The Morgan fingerprint density at radius 3 is 2.67 bits per heavy atom. The normalized spacial score (nSPS) is 11.4. The third-order valence-corrected chi connectivity index (χ3v) is 3.34. The van der Waals surface area contributed by atoms with Crippen molar-refractivity contribution in [1.82, 2.24) is 0 Å². The fourth-order valence-corrected chi connectivity index (χ4v) is 2.45. The molecule has 1 aromatic carbocycles. The van der Waals surface area contributed by atoms with Gasteiger partial charge in [-0.1, -0.05) is 15.9 Å². The summed E-state index contributed by atoms with van der Waals surface area (Å²) in [5.74, 6) is 0.0471. The van der Waals surface area contributed by atoms with Gasteiger partial charge in [0, 0.05) is 15.2 Å². The molecule has 0 aliphatic carbocycles. The molecule has 0 unspecified atom stereocenters. The monoisotopic (exact) mass is 316 g/mol. The first-order valence-corrected chi connectivity index (χ1v) is 6.98. The molecule has 0 bridgehead atoms. The molecule has 1 aromatic rings. The highest BCUT2D eigenvalue weighted by Gasteiger charge is 2.17. The van der Waals surface area contributed by atoms with Crippen LogP contribution in [0.4, 0.5) is 4.39 Å². The van der Waals surface area contributed by atoms with E-state index in [4.69, 9.17) is 15.4 Å². The first-order valence-electron chi connectivity index (χ1n) is 3.88. The van der Waals surface area contributed by atoms with E-state index in [1.54, 1.807) is 6.07 Å². The maximum atomic E-state index is 11.9. The minimum absolute atomic E-state index is 0.0471. The van der Waals surface area contributed by atoms with Crippen molar-refractivity contribution in [2.24, 2.45) is 0 Å². The molecule has 0 radical (unpaired) electrons. The molecule has 0 saturated carbocycles. The second kappa shape index (κ2) is 5.14. The maximum absolute atomic E-state index is 11.9. The van der Waals surface area contributed by atoms with E-state index in [0.29, 0.717) is 4.47 Å². The van der Waals surface area contributed by atoms with Crippen molar-refractivity contribution >= 4 is 35.7 Å². The number of hydrogen-bond donors (Lipinski definition) is 0. The van der Waals surface area contributed by atoms with Crippen molar-refractivity contribution in [3.05, 3.63) is 22.7 Å². The highest BCUT2D eigenvalue weighted by molar-refractivity contribution is 9.10. The first kappa shape index (κ1) is 12.7. The Bertz CT molecular complexity index is 449. The fourth-order valence-electron chi connectivity index (χ4n) is 0.940. The summed E-state index contributed by atoms with van der Waals surface area (Å²) in [6.45, 7) is -0.904. The van der Waals surface area contributed by atoms with Gasteiger partial charge in [-0.25, -0.2) is 12.8 Å². The Morgan fingerprint density at radius 2 is 2.13 bits per heavy atom. The van der Waals surface area contributed by atoms with Crippen LogP contribution < -0.4 is 4.74 Å². The van der Waals surface area contributed by atoms with E-state index >= 15 is 0 Å². The van der Waals surface area contributed by atoms with Crippen LogP contribution in [0, 0.1) is 0 Å². The minimum atomic E-state index is -3.89. The van der Waals surface area contributed by atoms with Crippen molar-refractivity contribution in [2.45, 2.75) is 4.90 Å². The molecule has 84 valence electrons. The van der Waals surface area contributed by atoms with E-state index < -0.39 is 15.7 Å². The lowest BCUT2D eigenvalue weighted by molar-refractivity contribution is 0.267. The van der Waals surface area contributed by atoms with Gasteiger partial charge in [0.25, 0.3) is 9.05 Å². The highest BCUT2D eigenvalue weighted by atomic mass is 79.9. The lowest BCUT2D eigenvalue weighted by atomic mass is 10.3. The summed E-state index contributed by atoms with van der Waals surface area (Å²) >= 11 is 3.10. The molecular weight excluding hydrogens is 311 g/mol. The maximum Gasteiger partial charge on any atom is 0.265 e. The topological polar surface area (TPSA) is 43.4 Å². The summed E-state index contributed by atoms with van der Waals surface area (Å²) in [4.78, 5) is -0.174. The fraction of sp³-hybridized carbons (Fsp3) is 0.250. The molecule has 0 atom stereocenters. The number of alkyl halides is 1. The van der Waals surface area contributed by atoms with Gasteiger partial charge in [-0.3, -0.25) is 0 Å². The molecule has 0 fully saturated rings. The smallest absolute Gasteiger partial charge is 0.265 e. The zero-order valence-electron chi connectivity index (χ0n) is 7.41. The second-order valence-corrected chi connectivity index (χ2v) is 6.02. The molecule has 3 nitrogen and oxygen atoms in total. The molecule has 0 aliphatic heterocycles. The number of rotatable bonds is 4. The zero-order chi connectivity index (χ0) is 11.5. The Hall–Kier alpha value is -0.330. The molecule has 1 rings (SSSR count). The van der Waals surface area contributed by atoms with Crippen molar-refractivity contribution in [3.63, 3.8) is 0 Å². The zero-order valence-corrected chi connectivity index (χ0v) is 10.6. The average molecular weight is 318 g/mol. The van der Waals surface area contributed by atoms with E-state index in [1.807, 2.05) is 0 Å². The van der Waals surface area contributed by atoms with Crippen molar-refractivity contribution in [1.29, 1.82) is 0 Å². The van der Waals surface area contributed by atoms with E-state index in [-0.39, 0.29) is 17.3 Å². The first-order chi connectivity index (χ1) is 6.95. The lowest BCUT2D eigenvalue weighted by Gasteiger charge is -2.07. The number of benzene rings is 1. The summed E-state index contributed by atoms with van der Waals surface area (Å²) in [6, 6.07) is 4.30. The van der Waals surface area contributed by atoms with Gasteiger partial charge in [0.15, 0.2) is 0 Å². The van der Waals surface area contributed by atoms with E-state index in [2.05, 4.69) is 15.9 Å². The van der Waals surface area contributed by atoms with Crippen LogP contribution in [0.3, 0.4) is 0 Å². The molecule has 0 aliphatic rings. The standard InChI is InChI=1S/C8H7BrClFO3S/c9-6-1-2-7(14-4-3-11)8(5-6)15(10,12)13/h1-2,5H,3-4H2. The van der Waals surface area contributed by atoms with Crippen LogP contribution in [-0.2, 0) is 9.05 Å². The molecule has 0 amide bonds. The lowest BCUT2D eigenvalue weighted by Crippen LogP contribution is -2.03. The molecule has 0 N–H and O–H groups in total. The summed E-state index contributed by atoms with van der Waals surface area (Å²) < 4.78 is 39.6. The van der Waals surface area contributed by atoms with Gasteiger partial charge in [0.05, 0.1) is 0 Å². The average Bonchev–Trinajstić information content (AvgIpc) is 2.14. The molecule has 7 heteroatoms. The second-order valence-electron chi connectivity index (χ2n) is 2.57. The van der Waals surface area contributed by atoms with Crippen LogP contribution in [-0.4, -0.2) is 21.7 Å². The van der Waals surface area contributed by atoms with Gasteiger partial charge in [-0.05, 0) is 18.2 Å². The highest BCUT2D eigenvalue weighted by Crippen LogP contribution is 2.29. The van der Waals surface area contributed by atoms with E-state index in [1.165, 1.54) is 12.1 Å². The number of hydrogen-bond acceptors (Lipinski definition) is 3. The van der Waals surface area contributed by atoms with Crippen molar-refractivity contribution < 1.29 is 17.5 Å². The van der Waals surface area contributed by atoms with E-state index in [9.17, 15) is 12.8 Å². The summed E-state index contributed by atoms with van der Waals surface area (Å²) in [6.07, 6.45) is 0. The van der Waals surface area contributed by atoms with E-state index in [0.717, 1.165) is 0 Å². The Labute approximate surface area is 99.7 Å². The van der Waals surface area contributed by atoms with Crippen LogP contribution >= 0.6 is 26.6 Å². The molecular formula is C8H7BrClFO3S. The summed E-state index contributed by atoms with van der Waals surface area (Å²) in [7, 11) is 1.30. The van der Waals surface area contributed by atoms with Gasteiger partial charge < -0.3 is 4.74 Å². The van der Waals surface area contributed by atoms with Crippen molar-refractivity contribution in [2.75, 3.05) is 13.3 Å². The van der Waals surface area contributed by atoms with Gasteiger partial charge in [0.2, 0.25) is 0 Å². The molecule has 0 heterocycles. The van der Waals surface area contributed by atoms with Crippen LogP contribution in [0.25, 0.3) is 0 Å².